The number of thiocarbonyl (C=S) groups is 1. The molecule has 0 radical (unpaired) electrons. The Morgan fingerprint density at radius 3 is 2.81 bits per heavy atom. The molecule has 0 saturated carbocycles. The molecule has 0 saturated heterocycles. The van der Waals surface area contributed by atoms with E-state index in [2.05, 4.69) is 10.6 Å². The van der Waals surface area contributed by atoms with Gasteiger partial charge in [-0.1, -0.05) is 6.07 Å². The normalized spacial score (nSPS) is 10.0. The standard InChI is InChI=1S/C13H17N3O4S/c1-9-10(5-3-6-11(9)16(18)19)12(17)15-13(21)14-7-4-8-20-2/h3,5-6H,4,7-8H2,1-2H3,(H2,14,15,17,21). The van der Waals surface area contributed by atoms with E-state index in [9.17, 15) is 14.9 Å². The zero-order chi connectivity index (χ0) is 15.8. The van der Waals surface area contributed by atoms with Crippen molar-refractivity contribution in [2.24, 2.45) is 0 Å². The van der Waals surface area contributed by atoms with Crippen LogP contribution < -0.4 is 10.6 Å². The topological polar surface area (TPSA) is 93.5 Å². The van der Waals surface area contributed by atoms with Crippen LogP contribution in [0.25, 0.3) is 0 Å². The molecule has 2 N–H and O–H groups in total. The molecular formula is C13H17N3O4S. The highest BCUT2D eigenvalue weighted by molar-refractivity contribution is 7.80. The average Bonchev–Trinajstić information content (AvgIpc) is 2.43. The lowest BCUT2D eigenvalue weighted by atomic mass is 10.1. The number of hydrogen-bond donors (Lipinski definition) is 2. The summed E-state index contributed by atoms with van der Waals surface area (Å²) in [6.45, 7) is 2.69. The van der Waals surface area contributed by atoms with Crippen LogP contribution in [0.1, 0.15) is 22.3 Å². The van der Waals surface area contributed by atoms with Gasteiger partial charge in [0.2, 0.25) is 0 Å². The van der Waals surface area contributed by atoms with Crippen LogP contribution >= 0.6 is 12.2 Å². The number of nitro benzene ring substituents is 1. The van der Waals surface area contributed by atoms with Gasteiger partial charge in [0, 0.05) is 37.5 Å². The summed E-state index contributed by atoms with van der Waals surface area (Å²) < 4.78 is 4.89. The fraction of sp³-hybridized carbons (Fsp3) is 0.385. The molecule has 1 aromatic carbocycles. The van der Waals surface area contributed by atoms with Gasteiger partial charge in [0.05, 0.1) is 4.92 Å². The molecule has 0 aromatic heterocycles. The fourth-order valence-corrected chi connectivity index (χ4v) is 1.90. The van der Waals surface area contributed by atoms with Gasteiger partial charge in [-0.15, -0.1) is 0 Å². The minimum Gasteiger partial charge on any atom is -0.385 e. The molecule has 1 amide bonds. The molecule has 0 atom stereocenters. The second kappa shape index (κ2) is 8.28. The van der Waals surface area contributed by atoms with Gasteiger partial charge in [-0.25, -0.2) is 0 Å². The number of nitrogens with zero attached hydrogens (tertiary/aromatic N) is 1. The van der Waals surface area contributed by atoms with E-state index in [0.717, 1.165) is 6.42 Å². The summed E-state index contributed by atoms with van der Waals surface area (Å²) >= 11 is 4.99. The van der Waals surface area contributed by atoms with Gasteiger partial charge in [-0.3, -0.25) is 20.2 Å². The zero-order valence-corrected chi connectivity index (χ0v) is 12.7. The van der Waals surface area contributed by atoms with Crippen molar-refractivity contribution in [2.45, 2.75) is 13.3 Å². The van der Waals surface area contributed by atoms with E-state index in [-0.39, 0.29) is 16.4 Å². The molecule has 21 heavy (non-hydrogen) atoms. The zero-order valence-electron chi connectivity index (χ0n) is 11.8. The number of nitrogens with one attached hydrogen (secondary N) is 2. The van der Waals surface area contributed by atoms with E-state index >= 15 is 0 Å². The first-order valence-corrected chi connectivity index (χ1v) is 6.70. The monoisotopic (exact) mass is 311 g/mol. The highest BCUT2D eigenvalue weighted by Crippen LogP contribution is 2.20. The van der Waals surface area contributed by atoms with Crippen LogP contribution in [0.2, 0.25) is 0 Å². The lowest BCUT2D eigenvalue weighted by molar-refractivity contribution is -0.385. The van der Waals surface area contributed by atoms with Crippen molar-refractivity contribution < 1.29 is 14.5 Å². The van der Waals surface area contributed by atoms with Crippen molar-refractivity contribution in [2.75, 3.05) is 20.3 Å². The van der Waals surface area contributed by atoms with Crippen LogP contribution in [-0.4, -0.2) is 36.2 Å². The Kier molecular flexibility index (Phi) is 6.70. The number of nitro groups is 1. The largest absolute Gasteiger partial charge is 0.385 e. The van der Waals surface area contributed by atoms with E-state index in [1.54, 1.807) is 7.11 Å². The highest BCUT2D eigenvalue weighted by atomic mass is 32.1. The number of methoxy groups -OCH3 is 1. The molecule has 1 rings (SSSR count). The lowest BCUT2D eigenvalue weighted by Gasteiger charge is -2.10. The summed E-state index contributed by atoms with van der Waals surface area (Å²) in [5.41, 5.74) is 0.439. The second-order valence-electron chi connectivity index (χ2n) is 4.26. The van der Waals surface area contributed by atoms with Crippen LogP contribution in [0.5, 0.6) is 0 Å². The van der Waals surface area contributed by atoms with Gasteiger partial charge in [-0.05, 0) is 31.6 Å². The van der Waals surface area contributed by atoms with E-state index < -0.39 is 10.8 Å². The maximum Gasteiger partial charge on any atom is 0.273 e. The minimum absolute atomic E-state index is 0.0957. The van der Waals surface area contributed by atoms with Gasteiger partial charge >= 0.3 is 0 Å². The number of rotatable bonds is 6. The van der Waals surface area contributed by atoms with Crippen molar-refractivity contribution in [3.63, 3.8) is 0 Å². The lowest BCUT2D eigenvalue weighted by Crippen LogP contribution is -2.40. The number of carbonyl (C=O) groups excluding carboxylic acids is 1. The molecule has 0 bridgehead atoms. The smallest absolute Gasteiger partial charge is 0.273 e. The van der Waals surface area contributed by atoms with E-state index in [1.165, 1.54) is 25.1 Å². The summed E-state index contributed by atoms with van der Waals surface area (Å²) in [7, 11) is 1.60. The first kappa shape index (κ1) is 17.0. The van der Waals surface area contributed by atoms with E-state index in [1.807, 2.05) is 0 Å². The highest BCUT2D eigenvalue weighted by Gasteiger charge is 2.18. The molecular weight excluding hydrogens is 294 g/mol. The van der Waals surface area contributed by atoms with Crippen LogP contribution in [0.4, 0.5) is 5.69 Å². The third-order valence-electron chi connectivity index (χ3n) is 2.78. The average molecular weight is 311 g/mol. The molecule has 8 heteroatoms. The Hall–Kier alpha value is -2.06. The Bertz CT molecular complexity index is 548. The van der Waals surface area contributed by atoms with Gasteiger partial charge in [-0.2, -0.15) is 0 Å². The molecule has 1 aromatic rings. The predicted molar refractivity (Wildman–Crippen MR) is 82.4 cm³/mol. The van der Waals surface area contributed by atoms with Gasteiger partial charge in [0.25, 0.3) is 11.6 Å². The molecule has 0 heterocycles. The number of amides is 1. The van der Waals surface area contributed by atoms with E-state index in [0.29, 0.717) is 18.7 Å². The van der Waals surface area contributed by atoms with Gasteiger partial charge in [0.15, 0.2) is 5.11 Å². The quantitative estimate of drug-likeness (QED) is 0.358. The molecule has 0 unspecified atom stereocenters. The van der Waals surface area contributed by atoms with Gasteiger partial charge < -0.3 is 10.1 Å². The first-order valence-electron chi connectivity index (χ1n) is 6.29. The number of hydrogen-bond acceptors (Lipinski definition) is 5. The Balaban J connectivity index is 2.66. The summed E-state index contributed by atoms with van der Waals surface area (Å²) in [5, 5.41) is 16.4. The number of benzene rings is 1. The number of ether oxygens (including phenoxy) is 1. The molecule has 0 aliphatic carbocycles. The van der Waals surface area contributed by atoms with Crippen molar-refractivity contribution >= 4 is 28.9 Å². The molecule has 0 fully saturated rings. The van der Waals surface area contributed by atoms with Crippen molar-refractivity contribution in [3.05, 3.63) is 39.4 Å². The molecule has 114 valence electrons. The summed E-state index contributed by atoms with van der Waals surface area (Å²) in [5.74, 6) is -0.472. The summed E-state index contributed by atoms with van der Waals surface area (Å²) in [6, 6.07) is 4.34. The van der Waals surface area contributed by atoms with Crippen LogP contribution in [0, 0.1) is 17.0 Å². The van der Waals surface area contributed by atoms with Crippen LogP contribution in [-0.2, 0) is 4.74 Å². The van der Waals surface area contributed by atoms with Crippen LogP contribution in [0.3, 0.4) is 0 Å². The SMILES string of the molecule is COCCCNC(=S)NC(=O)c1cccc([N+](=O)[O-])c1C. The second-order valence-corrected chi connectivity index (χ2v) is 4.67. The molecule has 0 aliphatic heterocycles. The summed E-state index contributed by atoms with van der Waals surface area (Å²) in [4.78, 5) is 22.4. The minimum atomic E-state index is -0.520. The molecule has 0 aliphatic rings. The van der Waals surface area contributed by atoms with Gasteiger partial charge in [0.1, 0.15) is 0 Å². The third kappa shape index (κ3) is 5.09. The third-order valence-corrected chi connectivity index (χ3v) is 3.03. The summed E-state index contributed by atoms with van der Waals surface area (Å²) in [6.07, 6.45) is 0.752. The predicted octanol–water partition coefficient (Wildman–Crippen LogP) is 1.54. The first-order chi connectivity index (χ1) is 9.97. The van der Waals surface area contributed by atoms with Crippen molar-refractivity contribution in [1.29, 1.82) is 0 Å². The maximum atomic E-state index is 12.1. The Morgan fingerprint density at radius 2 is 2.19 bits per heavy atom. The van der Waals surface area contributed by atoms with Crippen molar-refractivity contribution in [1.82, 2.24) is 10.6 Å². The van der Waals surface area contributed by atoms with Crippen LogP contribution in [0.15, 0.2) is 18.2 Å². The Labute approximate surface area is 127 Å². The fourth-order valence-electron chi connectivity index (χ4n) is 1.70. The molecule has 0 spiro atoms. The van der Waals surface area contributed by atoms with E-state index in [4.69, 9.17) is 17.0 Å². The van der Waals surface area contributed by atoms with Crippen molar-refractivity contribution in [3.8, 4) is 0 Å². The maximum absolute atomic E-state index is 12.1. The molecule has 7 nitrogen and oxygen atoms in total. The Morgan fingerprint density at radius 1 is 1.48 bits per heavy atom. The number of carbonyl (C=O) groups is 1.